The van der Waals surface area contributed by atoms with Crippen LogP contribution in [0.2, 0.25) is 0 Å². The number of morpholine rings is 1. The molecule has 4 atom stereocenters. The van der Waals surface area contributed by atoms with Crippen LogP contribution in [0.3, 0.4) is 0 Å². The molecule has 1 aromatic rings. The number of rotatable bonds is 6. The van der Waals surface area contributed by atoms with Crippen molar-refractivity contribution in [2.24, 2.45) is 5.92 Å². The lowest BCUT2D eigenvalue weighted by Crippen LogP contribution is -2.45. The highest BCUT2D eigenvalue weighted by Crippen LogP contribution is 2.28. The lowest BCUT2D eigenvalue weighted by molar-refractivity contribution is -0.00517. The van der Waals surface area contributed by atoms with Gasteiger partial charge in [0.25, 0.3) is 0 Å². The van der Waals surface area contributed by atoms with Crippen molar-refractivity contribution in [3.63, 3.8) is 0 Å². The number of nitrogens with one attached hydrogen (secondary N) is 4. The van der Waals surface area contributed by atoms with E-state index in [1.165, 1.54) is 0 Å². The first-order chi connectivity index (χ1) is 13.0. The Kier molecular flexibility index (Phi) is 6.93. The van der Waals surface area contributed by atoms with Crippen LogP contribution in [-0.2, 0) is 4.74 Å². The van der Waals surface area contributed by atoms with Gasteiger partial charge in [0.05, 0.1) is 23.6 Å². The number of ether oxygens (including phenoxy) is 1. The van der Waals surface area contributed by atoms with Crippen LogP contribution in [0, 0.1) is 5.92 Å². The summed E-state index contributed by atoms with van der Waals surface area (Å²) in [7, 11) is 0. The number of anilines is 2. The topological polar surface area (TPSA) is 77.7 Å². The molecule has 150 valence electrons. The van der Waals surface area contributed by atoms with Crippen LogP contribution in [0.25, 0.3) is 0 Å². The fourth-order valence-electron chi connectivity index (χ4n) is 3.96. The fraction of sp³-hybridized carbons (Fsp3) is 0.650. The zero-order valence-electron chi connectivity index (χ0n) is 16.6. The molecule has 7 nitrogen and oxygen atoms in total. The molecule has 0 saturated carbocycles. The predicted octanol–water partition coefficient (Wildman–Crippen LogP) is 2.31. The predicted molar refractivity (Wildman–Crippen MR) is 109 cm³/mol. The van der Waals surface area contributed by atoms with Crippen LogP contribution >= 0.6 is 0 Å². The third-order valence-corrected chi connectivity index (χ3v) is 5.35. The van der Waals surface area contributed by atoms with E-state index in [0.29, 0.717) is 18.5 Å². The molecule has 4 N–H and O–H groups in total. The summed E-state index contributed by atoms with van der Waals surface area (Å²) >= 11 is 0. The summed E-state index contributed by atoms with van der Waals surface area (Å²) in [5.41, 5.74) is 8.31. The van der Waals surface area contributed by atoms with Gasteiger partial charge in [-0.1, -0.05) is 12.1 Å². The van der Waals surface area contributed by atoms with Crippen LogP contribution in [0.15, 0.2) is 24.3 Å². The second-order valence-electron chi connectivity index (χ2n) is 7.78. The lowest BCUT2D eigenvalue weighted by Gasteiger charge is -2.37. The molecule has 2 heterocycles. The highest BCUT2D eigenvalue weighted by atomic mass is 16.5. The number of hydrogen-bond donors (Lipinski definition) is 4. The van der Waals surface area contributed by atoms with Gasteiger partial charge in [0, 0.05) is 32.2 Å². The van der Waals surface area contributed by atoms with Crippen LogP contribution in [0.1, 0.15) is 33.6 Å². The Morgan fingerprint density at radius 2 is 1.96 bits per heavy atom. The smallest absolute Gasteiger partial charge is 0.319 e. The number of amides is 2. The minimum atomic E-state index is -0.146. The standard InChI is InChI=1S/C20H33N5O2/c1-14-12-25(13-15(2)27-14)19-9-5-4-8-18(19)23-20(26)21-10-6-7-17-11-22-24-16(17)3/h4-5,8-9,14-17,22,24H,6-7,10-13H2,1-3H3,(H2,21,23,26). The summed E-state index contributed by atoms with van der Waals surface area (Å²) in [6.07, 6.45) is 2.43. The first-order valence-electron chi connectivity index (χ1n) is 10.1. The van der Waals surface area contributed by atoms with Gasteiger partial charge in [-0.05, 0) is 51.7 Å². The van der Waals surface area contributed by atoms with Gasteiger partial charge in [-0.15, -0.1) is 0 Å². The van der Waals surface area contributed by atoms with Crippen molar-refractivity contribution in [1.29, 1.82) is 0 Å². The van der Waals surface area contributed by atoms with E-state index in [-0.39, 0.29) is 18.2 Å². The van der Waals surface area contributed by atoms with Gasteiger partial charge in [0.1, 0.15) is 0 Å². The maximum Gasteiger partial charge on any atom is 0.319 e. The Labute approximate surface area is 162 Å². The molecule has 27 heavy (non-hydrogen) atoms. The van der Waals surface area contributed by atoms with Crippen molar-refractivity contribution < 1.29 is 9.53 Å². The van der Waals surface area contributed by atoms with Gasteiger partial charge >= 0.3 is 6.03 Å². The van der Waals surface area contributed by atoms with E-state index in [0.717, 1.165) is 43.9 Å². The zero-order chi connectivity index (χ0) is 19.2. The molecule has 2 amide bonds. The van der Waals surface area contributed by atoms with E-state index < -0.39 is 0 Å². The van der Waals surface area contributed by atoms with Crippen molar-refractivity contribution in [3.8, 4) is 0 Å². The highest BCUT2D eigenvalue weighted by molar-refractivity contribution is 5.93. The normalized spacial score (nSPS) is 28.2. The molecule has 0 spiro atoms. The lowest BCUT2D eigenvalue weighted by atomic mass is 9.98. The number of para-hydroxylation sites is 2. The molecule has 0 bridgehead atoms. The molecule has 2 aliphatic heterocycles. The zero-order valence-corrected chi connectivity index (χ0v) is 16.6. The molecule has 3 rings (SSSR count). The van der Waals surface area contributed by atoms with E-state index in [1.54, 1.807) is 0 Å². The number of hydrazine groups is 1. The molecule has 2 saturated heterocycles. The van der Waals surface area contributed by atoms with Crippen LogP contribution in [0.4, 0.5) is 16.2 Å². The van der Waals surface area contributed by atoms with Crippen LogP contribution in [0.5, 0.6) is 0 Å². The highest BCUT2D eigenvalue weighted by Gasteiger charge is 2.24. The van der Waals surface area contributed by atoms with Crippen LogP contribution < -0.4 is 26.4 Å². The van der Waals surface area contributed by atoms with Gasteiger partial charge in [-0.3, -0.25) is 10.9 Å². The number of benzene rings is 1. The number of carbonyl (C=O) groups is 1. The number of carbonyl (C=O) groups excluding carboxylic acids is 1. The average molecular weight is 376 g/mol. The van der Waals surface area contributed by atoms with E-state index in [1.807, 2.05) is 18.2 Å². The summed E-state index contributed by atoms with van der Waals surface area (Å²) in [4.78, 5) is 14.6. The third kappa shape index (κ3) is 5.57. The molecule has 2 fully saturated rings. The maximum atomic E-state index is 12.3. The third-order valence-electron chi connectivity index (χ3n) is 5.35. The summed E-state index contributed by atoms with van der Waals surface area (Å²) in [6, 6.07) is 8.32. The maximum absolute atomic E-state index is 12.3. The van der Waals surface area contributed by atoms with Gasteiger partial charge < -0.3 is 20.3 Å². The molecule has 4 unspecified atom stereocenters. The summed E-state index contributed by atoms with van der Waals surface area (Å²) in [5, 5.41) is 6.00. The number of nitrogens with zero attached hydrogens (tertiary/aromatic N) is 1. The Balaban J connectivity index is 1.49. The van der Waals surface area contributed by atoms with Crippen molar-refractivity contribution in [2.75, 3.05) is 36.4 Å². The molecule has 1 aromatic carbocycles. The minimum absolute atomic E-state index is 0.146. The Bertz CT molecular complexity index is 616. The summed E-state index contributed by atoms with van der Waals surface area (Å²) in [6.45, 7) is 9.69. The van der Waals surface area contributed by atoms with Gasteiger partial charge in [-0.2, -0.15) is 0 Å². The molecular formula is C20H33N5O2. The Morgan fingerprint density at radius 3 is 2.67 bits per heavy atom. The molecule has 7 heteroatoms. The van der Waals surface area contributed by atoms with Crippen LogP contribution in [-0.4, -0.2) is 50.5 Å². The summed E-state index contributed by atoms with van der Waals surface area (Å²) in [5.74, 6) is 0.626. The molecule has 0 aliphatic carbocycles. The van der Waals surface area contributed by atoms with Gasteiger partial charge in [0.2, 0.25) is 0 Å². The molecule has 0 aromatic heterocycles. The van der Waals surface area contributed by atoms with Crippen molar-refractivity contribution in [2.45, 2.75) is 51.9 Å². The van der Waals surface area contributed by atoms with E-state index in [9.17, 15) is 4.79 Å². The average Bonchev–Trinajstić information content (AvgIpc) is 3.03. The van der Waals surface area contributed by atoms with Crippen molar-refractivity contribution in [1.82, 2.24) is 16.2 Å². The quantitative estimate of drug-likeness (QED) is 0.574. The van der Waals surface area contributed by atoms with E-state index in [4.69, 9.17) is 4.74 Å². The largest absolute Gasteiger partial charge is 0.372 e. The minimum Gasteiger partial charge on any atom is -0.372 e. The summed E-state index contributed by atoms with van der Waals surface area (Å²) < 4.78 is 5.82. The monoisotopic (exact) mass is 375 g/mol. The number of urea groups is 1. The SMILES string of the molecule is CC1CN(c2ccccc2NC(=O)NCCCC2CNNC2C)CC(C)O1. The second kappa shape index (κ2) is 9.39. The molecule has 2 aliphatic rings. The Hall–Kier alpha value is -1.83. The second-order valence-corrected chi connectivity index (χ2v) is 7.78. The number of hydrogen-bond acceptors (Lipinski definition) is 5. The Morgan fingerprint density at radius 1 is 1.22 bits per heavy atom. The van der Waals surface area contributed by atoms with E-state index >= 15 is 0 Å². The fourth-order valence-corrected chi connectivity index (χ4v) is 3.96. The molecular weight excluding hydrogens is 342 g/mol. The first kappa shape index (κ1) is 19.9. The van der Waals surface area contributed by atoms with Gasteiger partial charge in [0.15, 0.2) is 0 Å². The molecule has 0 radical (unpaired) electrons. The van der Waals surface area contributed by atoms with Crippen molar-refractivity contribution >= 4 is 17.4 Å². The van der Waals surface area contributed by atoms with Crippen molar-refractivity contribution in [3.05, 3.63) is 24.3 Å². The van der Waals surface area contributed by atoms with Gasteiger partial charge in [-0.25, -0.2) is 4.79 Å². The first-order valence-corrected chi connectivity index (χ1v) is 10.1. The van der Waals surface area contributed by atoms with E-state index in [2.05, 4.69) is 53.2 Å².